The highest BCUT2D eigenvalue weighted by atomic mass is 32.2. The van der Waals surface area contributed by atoms with E-state index in [-0.39, 0.29) is 11.8 Å². The first-order valence-corrected chi connectivity index (χ1v) is 11.3. The molecule has 0 unspecified atom stereocenters. The van der Waals surface area contributed by atoms with E-state index in [4.69, 9.17) is 0 Å². The molecule has 1 aliphatic heterocycles. The predicted octanol–water partition coefficient (Wildman–Crippen LogP) is 2.54. The van der Waals surface area contributed by atoms with Crippen LogP contribution in [0, 0.1) is 6.92 Å². The Kier molecular flexibility index (Phi) is 7.81. The maximum Gasteiger partial charge on any atom is 0.286 e. The third kappa shape index (κ3) is 6.57. The van der Waals surface area contributed by atoms with Crippen LogP contribution in [0.4, 0.5) is 5.69 Å². The van der Waals surface area contributed by atoms with Crippen molar-refractivity contribution >= 4 is 40.6 Å². The molecule has 2 amide bonds. The van der Waals surface area contributed by atoms with Crippen LogP contribution in [0.3, 0.4) is 0 Å². The van der Waals surface area contributed by atoms with Crippen LogP contribution in [0.15, 0.2) is 24.3 Å². The third-order valence-corrected chi connectivity index (χ3v) is 6.43. The average molecular weight is 420 g/mol. The van der Waals surface area contributed by atoms with Gasteiger partial charge in [-0.1, -0.05) is 29.0 Å². The Balaban J connectivity index is 1.35. The van der Waals surface area contributed by atoms with Gasteiger partial charge in [0.15, 0.2) is 0 Å². The number of aryl methyl sites for hydroxylation is 1. The van der Waals surface area contributed by atoms with Gasteiger partial charge in [0.1, 0.15) is 5.01 Å². The second-order valence-electron chi connectivity index (χ2n) is 6.71. The molecule has 3 rings (SSSR count). The van der Waals surface area contributed by atoms with Crippen molar-refractivity contribution in [3.8, 4) is 0 Å². The van der Waals surface area contributed by atoms with Crippen LogP contribution >= 0.6 is 23.1 Å². The Hall–Kier alpha value is -1.97. The summed E-state index contributed by atoms with van der Waals surface area (Å²) in [5, 5.41) is 14.8. The molecule has 1 fully saturated rings. The lowest BCUT2D eigenvalue weighted by Crippen LogP contribution is -2.34. The van der Waals surface area contributed by atoms with Gasteiger partial charge >= 0.3 is 0 Å². The first-order valence-electron chi connectivity index (χ1n) is 9.37. The Morgan fingerprint density at radius 3 is 2.68 bits per heavy atom. The fourth-order valence-corrected chi connectivity index (χ4v) is 4.50. The molecule has 1 aliphatic rings. The highest BCUT2D eigenvalue weighted by molar-refractivity contribution is 7.99. The van der Waals surface area contributed by atoms with E-state index < -0.39 is 0 Å². The van der Waals surface area contributed by atoms with Gasteiger partial charge in [0.25, 0.3) is 5.91 Å². The Bertz CT molecular complexity index is 788. The number of carbonyl (C=O) groups is 2. The molecule has 7 nitrogen and oxygen atoms in total. The zero-order chi connectivity index (χ0) is 19.8. The van der Waals surface area contributed by atoms with Gasteiger partial charge in [0.2, 0.25) is 10.9 Å². The molecule has 2 N–H and O–H groups in total. The lowest BCUT2D eigenvalue weighted by atomic mass is 10.2. The highest BCUT2D eigenvalue weighted by Crippen LogP contribution is 2.18. The summed E-state index contributed by atoms with van der Waals surface area (Å²) in [7, 11) is 0. The number of hydrogen-bond donors (Lipinski definition) is 2. The van der Waals surface area contributed by atoms with Crippen LogP contribution in [0.5, 0.6) is 0 Å². The normalized spacial score (nSPS) is 14.2. The zero-order valence-corrected chi connectivity index (χ0v) is 17.6. The molecule has 0 saturated carbocycles. The topological polar surface area (TPSA) is 87.2 Å². The molecule has 0 aliphatic carbocycles. The molecule has 150 valence electrons. The maximum atomic E-state index is 12.2. The summed E-state index contributed by atoms with van der Waals surface area (Å²) < 4.78 is 0. The first-order chi connectivity index (χ1) is 13.6. The standard InChI is InChI=1S/C19H25N5O2S2/c1-14-4-6-15(7-5-14)21-18(26)19-23-22-17(28-19)13-27-12-16(25)20-8-11-24-9-2-3-10-24/h4-7H,2-3,8-13H2,1H3,(H,20,25)(H,21,26). The van der Waals surface area contributed by atoms with Gasteiger partial charge in [-0.05, 0) is 45.0 Å². The number of aromatic nitrogens is 2. The molecule has 0 bridgehead atoms. The fourth-order valence-electron chi connectivity index (χ4n) is 2.87. The Morgan fingerprint density at radius 2 is 1.93 bits per heavy atom. The number of likely N-dealkylation sites (tertiary alicyclic amines) is 1. The molecule has 1 aromatic heterocycles. The third-order valence-electron chi connectivity index (χ3n) is 4.38. The summed E-state index contributed by atoms with van der Waals surface area (Å²) in [5.41, 5.74) is 1.86. The Labute approximate surface area is 173 Å². The number of anilines is 1. The number of rotatable bonds is 9. The molecule has 1 aromatic carbocycles. The van der Waals surface area contributed by atoms with Crippen LogP contribution in [0.1, 0.15) is 33.2 Å². The van der Waals surface area contributed by atoms with E-state index in [9.17, 15) is 9.59 Å². The average Bonchev–Trinajstić information content (AvgIpc) is 3.36. The number of thioether (sulfide) groups is 1. The quantitative estimate of drug-likeness (QED) is 0.650. The molecular weight excluding hydrogens is 394 g/mol. The first kappa shape index (κ1) is 20.8. The van der Waals surface area contributed by atoms with Crippen LogP contribution in [0.25, 0.3) is 0 Å². The zero-order valence-electron chi connectivity index (χ0n) is 15.9. The van der Waals surface area contributed by atoms with E-state index in [0.717, 1.165) is 35.9 Å². The van der Waals surface area contributed by atoms with E-state index >= 15 is 0 Å². The maximum absolute atomic E-state index is 12.2. The summed E-state index contributed by atoms with van der Waals surface area (Å²) in [6.45, 7) is 5.89. The van der Waals surface area contributed by atoms with Gasteiger partial charge in [-0.3, -0.25) is 9.59 Å². The molecular formula is C19H25N5O2S2. The summed E-state index contributed by atoms with van der Waals surface area (Å²) in [6, 6.07) is 7.59. The Morgan fingerprint density at radius 1 is 1.18 bits per heavy atom. The molecule has 0 spiro atoms. The fraction of sp³-hybridized carbons (Fsp3) is 0.474. The van der Waals surface area contributed by atoms with Crippen molar-refractivity contribution in [3.63, 3.8) is 0 Å². The molecule has 2 heterocycles. The van der Waals surface area contributed by atoms with E-state index in [1.165, 1.54) is 35.9 Å². The number of nitrogens with one attached hydrogen (secondary N) is 2. The van der Waals surface area contributed by atoms with Gasteiger partial charge in [0, 0.05) is 24.5 Å². The van der Waals surface area contributed by atoms with Crippen LogP contribution in [0.2, 0.25) is 0 Å². The molecule has 1 saturated heterocycles. The molecule has 2 aromatic rings. The van der Waals surface area contributed by atoms with Gasteiger partial charge in [-0.15, -0.1) is 22.0 Å². The van der Waals surface area contributed by atoms with E-state index in [1.54, 1.807) is 0 Å². The highest BCUT2D eigenvalue weighted by Gasteiger charge is 2.14. The minimum atomic E-state index is -0.266. The predicted molar refractivity (Wildman–Crippen MR) is 114 cm³/mol. The minimum Gasteiger partial charge on any atom is -0.354 e. The van der Waals surface area contributed by atoms with Crippen molar-refractivity contribution in [1.82, 2.24) is 20.4 Å². The van der Waals surface area contributed by atoms with Gasteiger partial charge in [0.05, 0.1) is 5.75 Å². The van der Waals surface area contributed by atoms with Crippen molar-refractivity contribution in [2.45, 2.75) is 25.5 Å². The van der Waals surface area contributed by atoms with Crippen molar-refractivity contribution in [3.05, 3.63) is 39.8 Å². The SMILES string of the molecule is Cc1ccc(NC(=O)c2nnc(CSCC(=O)NCCN3CCCC3)s2)cc1. The summed E-state index contributed by atoms with van der Waals surface area (Å²) in [4.78, 5) is 26.5. The summed E-state index contributed by atoms with van der Waals surface area (Å²) in [6.07, 6.45) is 2.52. The van der Waals surface area contributed by atoms with Gasteiger partial charge in [-0.2, -0.15) is 0 Å². The van der Waals surface area contributed by atoms with Gasteiger partial charge in [-0.25, -0.2) is 0 Å². The number of nitrogens with zero attached hydrogens (tertiary/aromatic N) is 3. The van der Waals surface area contributed by atoms with Crippen LogP contribution < -0.4 is 10.6 Å². The summed E-state index contributed by atoms with van der Waals surface area (Å²) in [5.74, 6) is 0.711. The second-order valence-corrected chi connectivity index (χ2v) is 8.76. The second kappa shape index (κ2) is 10.5. The van der Waals surface area contributed by atoms with Gasteiger partial charge < -0.3 is 15.5 Å². The minimum absolute atomic E-state index is 0.0334. The van der Waals surface area contributed by atoms with E-state index in [1.807, 2.05) is 31.2 Å². The molecule has 9 heteroatoms. The smallest absolute Gasteiger partial charge is 0.286 e. The van der Waals surface area contributed by atoms with E-state index in [2.05, 4.69) is 25.7 Å². The number of amides is 2. The van der Waals surface area contributed by atoms with E-state index in [0.29, 0.717) is 23.1 Å². The van der Waals surface area contributed by atoms with Crippen LogP contribution in [-0.2, 0) is 10.5 Å². The van der Waals surface area contributed by atoms with Crippen molar-refractivity contribution < 1.29 is 9.59 Å². The lowest BCUT2D eigenvalue weighted by molar-refractivity contribution is -0.118. The van der Waals surface area contributed by atoms with Crippen molar-refractivity contribution in [1.29, 1.82) is 0 Å². The monoisotopic (exact) mass is 419 g/mol. The van der Waals surface area contributed by atoms with Crippen LogP contribution in [-0.4, -0.2) is 58.8 Å². The number of carbonyl (C=O) groups excluding carboxylic acids is 2. The number of hydrogen-bond acceptors (Lipinski definition) is 7. The number of benzene rings is 1. The van der Waals surface area contributed by atoms with Crippen molar-refractivity contribution in [2.24, 2.45) is 0 Å². The molecule has 0 atom stereocenters. The van der Waals surface area contributed by atoms with Crippen molar-refractivity contribution in [2.75, 3.05) is 37.2 Å². The molecule has 28 heavy (non-hydrogen) atoms. The largest absolute Gasteiger partial charge is 0.354 e. The summed E-state index contributed by atoms with van der Waals surface area (Å²) >= 11 is 2.73. The molecule has 0 radical (unpaired) electrons. The lowest BCUT2D eigenvalue weighted by Gasteiger charge is -2.14.